The number of aromatic nitrogens is 3. The van der Waals surface area contributed by atoms with Crippen LogP contribution in [0.5, 0.6) is 5.75 Å². The van der Waals surface area contributed by atoms with Crippen molar-refractivity contribution >= 4 is 22.7 Å². The van der Waals surface area contributed by atoms with E-state index in [2.05, 4.69) is 16.0 Å². The van der Waals surface area contributed by atoms with E-state index in [1.54, 1.807) is 18.2 Å². The molecule has 0 bridgehead atoms. The van der Waals surface area contributed by atoms with Crippen molar-refractivity contribution in [2.75, 3.05) is 0 Å². The first-order chi connectivity index (χ1) is 12.2. The van der Waals surface area contributed by atoms with Gasteiger partial charge in [0, 0.05) is 17.6 Å². The molecule has 0 amide bonds. The first kappa shape index (κ1) is 14.8. The number of nitriles is 1. The van der Waals surface area contributed by atoms with Gasteiger partial charge in [-0.2, -0.15) is 5.26 Å². The molecule has 25 heavy (non-hydrogen) atoms. The lowest BCUT2D eigenvalue weighted by Crippen LogP contribution is -1.95. The maximum atomic E-state index is 9.58. The second kappa shape index (κ2) is 6.02. The van der Waals surface area contributed by atoms with E-state index in [4.69, 9.17) is 0 Å². The lowest BCUT2D eigenvalue weighted by Gasteiger charge is -2.07. The first-order valence-corrected chi connectivity index (χ1v) is 7.78. The topological polar surface area (TPSA) is 77.6 Å². The Morgan fingerprint density at radius 1 is 1.08 bits per heavy atom. The maximum absolute atomic E-state index is 9.58. The van der Waals surface area contributed by atoms with Gasteiger partial charge in [0.05, 0.1) is 16.6 Å². The Labute approximate surface area is 144 Å². The standard InChI is InChI=1S/C20H14N4O/c21-13-14(20-22-18-5-1-2-6-19(18)23-20)12-16-4-3-11-24(16)15-7-9-17(25)10-8-15/h1-12,25H,(H,22,23). The zero-order valence-corrected chi connectivity index (χ0v) is 13.2. The van der Waals surface area contributed by atoms with Crippen molar-refractivity contribution in [3.63, 3.8) is 0 Å². The number of imidazole rings is 1. The number of aromatic hydroxyl groups is 1. The third-order valence-corrected chi connectivity index (χ3v) is 3.97. The molecule has 4 rings (SSSR count). The summed E-state index contributed by atoms with van der Waals surface area (Å²) in [5, 5.41) is 19.0. The SMILES string of the molecule is N#CC(=Cc1cccn1-c1ccc(O)cc1)c1nc2ccccc2[nH]1. The summed E-state index contributed by atoms with van der Waals surface area (Å²) in [6.07, 6.45) is 3.70. The third-order valence-electron chi connectivity index (χ3n) is 3.97. The van der Waals surface area contributed by atoms with Gasteiger partial charge in [0.25, 0.3) is 0 Å². The Morgan fingerprint density at radius 3 is 2.64 bits per heavy atom. The Bertz CT molecular complexity index is 1080. The molecular formula is C20H14N4O. The van der Waals surface area contributed by atoms with Gasteiger partial charge in [-0.1, -0.05) is 12.1 Å². The van der Waals surface area contributed by atoms with Crippen molar-refractivity contribution in [2.45, 2.75) is 0 Å². The smallest absolute Gasteiger partial charge is 0.149 e. The predicted molar refractivity (Wildman–Crippen MR) is 97.0 cm³/mol. The summed E-state index contributed by atoms with van der Waals surface area (Å²) < 4.78 is 1.94. The number of hydrogen-bond acceptors (Lipinski definition) is 3. The number of phenolic OH excluding ortho intramolecular Hbond substituents is 1. The van der Waals surface area contributed by atoms with Crippen molar-refractivity contribution in [1.29, 1.82) is 5.26 Å². The summed E-state index contributed by atoms with van der Waals surface area (Å²) >= 11 is 0. The average molecular weight is 326 g/mol. The monoisotopic (exact) mass is 326 g/mol. The van der Waals surface area contributed by atoms with Crippen LogP contribution in [0.1, 0.15) is 11.5 Å². The summed E-state index contributed by atoms with van der Waals surface area (Å²) in [5.74, 6) is 0.759. The van der Waals surface area contributed by atoms with Crippen LogP contribution < -0.4 is 0 Å². The number of aromatic amines is 1. The van der Waals surface area contributed by atoms with Gasteiger partial charge in [0.2, 0.25) is 0 Å². The van der Waals surface area contributed by atoms with E-state index in [1.807, 2.05) is 59.3 Å². The fourth-order valence-electron chi connectivity index (χ4n) is 2.74. The summed E-state index contributed by atoms with van der Waals surface area (Å²) in [7, 11) is 0. The van der Waals surface area contributed by atoms with Crippen LogP contribution in [0.4, 0.5) is 0 Å². The number of rotatable bonds is 3. The van der Waals surface area contributed by atoms with Crippen LogP contribution in [-0.2, 0) is 0 Å². The van der Waals surface area contributed by atoms with Gasteiger partial charge in [0.1, 0.15) is 17.6 Å². The minimum Gasteiger partial charge on any atom is -0.508 e. The van der Waals surface area contributed by atoms with Gasteiger partial charge < -0.3 is 14.7 Å². The third kappa shape index (κ3) is 2.77. The van der Waals surface area contributed by atoms with Crippen LogP contribution >= 0.6 is 0 Å². The molecule has 0 aliphatic heterocycles. The molecule has 0 unspecified atom stereocenters. The predicted octanol–water partition coefficient (Wildman–Crippen LogP) is 4.12. The minimum atomic E-state index is 0.216. The van der Waals surface area contributed by atoms with Gasteiger partial charge >= 0.3 is 0 Å². The quantitative estimate of drug-likeness (QED) is 0.556. The molecule has 2 aromatic heterocycles. The van der Waals surface area contributed by atoms with E-state index in [0.717, 1.165) is 22.4 Å². The first-order valence-electron chi connectivity index (χ1n) is 7.78. The highest BCUT2D eigenvalue weighted by Gasteiger charge is 2.09. The van der Waals surface area contributed by atoms with Gasteiger partial charge in [-0.3, -0.25) is 0 Å². The van der Waals surface area contributed by atoms with Crippen molar-refractivity contribution in [1.82, 2.24) is 14.5 Å². The Kier molecular flexibility index (Phi) is 3.56. The fourth-order valence-corrected chi connectivity index (χ4v) is 2.74. The van der Waals surface area contributed by atoms with E-state index in [-0.39, 0.29) is 5.75 Å². The number of phenols is 1. The van der Waals surface area contributed by atoms with Crippen LogP contribution in [-0.4, -0.2) is 19.6 Å². The van der Waals surface area contributed by atoms with Crippen LogP contribution in [0.3, 0.4) is 0 Å². The maximum Gasteiger partial charge on any atom is 0.149 e. The molecule has 0 spiro atoms. The highest BCUT2D eigenvalue weighted by atomic mass is 16.3. The summed E-state index contributed by atoms with van der Waals surface area (Å²) in [6.45, 7) is 0. The molecule has 5 heteroatoms. The molecule has 4 aromatic rings. The number of para-hydroxylation sites is 2. The minimum absolute atomic E-state index is 0.216. The van der Waals surface area contributed by atoms with Gasteiger partial charge in [0.15, 0.2) is 0 Å². The highest BCUT2D eigenvalue weighted by Crippen LogP contribution is 2.22. The van der Waals surface area contributed by atoms with E-state index in [0.29, 0.717) is 11.4 Å². The summed E-state index contributed by atoms with van der Waals surface area (Å²) in [6, 6.07) is 20.6. The van der Waals surface area contributed by atoms with E-state index < -0.39 is 0 Å². The summed E-state index contributed by atoms with van der Waals surface area (Å²) in [4.78, 5) is 7.67. The Hall–Kier alpha value is -3.78. The van der Waals surface area contributed by atoms with Crippen LogP contribution in [0.2, 0.25) is 0 Å². The Balaban J connectivity index is 1.78. The molecule has 2 heterocycles. The molecule has 0 atom stereocenters. The largest absolute Gasteiger partial charge is 0.508 e. The van der Waals surface area contributed by atoms with Gasteiger partial charge in [-0.05, 0) is 54.6 Å². The molecule has 5 nitrogen and oxygen atoms in total. The van der Waals surface area contributed by atoms with E-state index in [1.165, 1.54) is 0 Å². The van der Waals surface area contributed by atoms with Gasteiger partial charge in [-0.15, -0.1) is 0 Å². The second-order valence-corrected chi connectivity index (χ2v) is 5.59. The number of H-pyrrole nitrogens is 1. The lowest BCUT2D eigenvalue weighted by molar-refractivity contribution is 0.475. The molecule has 120 valence electrons. The molecule has 0 radical (unpaired) electrons. The molecule has 2 N–H and O–H groups in total. The molecular weight excluding hydrogens is 312 g/mol. The van der Waals surface area contributed by atoms with Crippen molar-refractivity contribution in [3.8, 4) is 17.5 Å². The van der Waals surface area contributed by atoms with E-state index >= 15 is 0 Å². The van der Waals surface area contributed by atoms with E-state index in [9.17, 15) is 10.4 Å². The average Bonchev–Trinajstić information content (AvgIpc) is 3.26. The van der Waals surface area contributed by atoms with Crippen LogP contribution in [0.15, 0.2) is 66.9 Å². The number of benzene rings is 2. The normalized spacial score (nSPS) is 11.6. The lowest BCUT2D eigenvalue weighted by atomic mass is 10.2. The van der Waals surface area contributed by atoms with Crippen LogP contribution in [0, 0.1) is 11.3 Å². The Morgan fingerprint density at radius 2 is 1.88 bits per heavy atom. The molecule has 2 aromatic carbocycles. The molecule has 0 fully saturated rings. The van der Waals surface area contributed by atoms with Crippen LogP contribution in [0.25, 0.3) is 28.4 Å². The highest BCUT2D eigenvalue weighted by molar-refractivity contribution is 5.90. The zero-order chi connectivity index (χ0) is 17.2. The fraction of sp³-hybridized carbons (Fsp3) is 0. The van der Waals surface area contributed by atoms with Gasteiger partial charge in [-0.25, -0.2) is 4.98 Å². The summed E-state index contributed by atoms with van der Waals surface area (Å²) in [5.41, 5.74) is 3.92. The molecule has 0 saturated heterocycles. The molecule has 0 aliphatic carbocycles. The molecule has 0 saturated carbocycles. The number of nitrogens with one attached hydrogen (secondary N) is 1. The second-order valence-electron chi connectivity index (χ2n) is 5.59. The number of fused-ring (bicyclic) bond motifs is 1. The van der Waals surface area contributed by atoms with Crippen molar-refractivity contribution < 1.29 is 5.11 Å². The number of allylic oxidation sites excluding steroid dienone is 1. The van der Waals surface area contributed by atoms with Crippen molar-refractivity contribution in [2.24, 2.45) is 0 Å². The zero-order valence-electron chi connectivity index (χ0n) is 13.2. The molecule has 0 aliphatic rings. The van der Waals surface area contributed by atoms with Crippen molar-refractivity contribution in [3.05, 3.63) is 78.4 Å². The number of nitrogens with zero attached hydrogens (tertiary/aromatic N) is 3. The number of hydrogen-bond donors (Lipinski definition) is 2.